The highest BCUT2D eigenvalue weighted by atomic mass is 16.5. The molecule has 1 saturated heterocycles. The number of hydrogen-bond donors (Lipinski definition) is 1. The molecule has 1 N–H and O–H groups in total. The molecule has 26 heavy (non-hydrogen) atoms. The lowest BCUT2D eigenvalue weighted by Gasteiger charge is -2.28. The molecule has 3 rings (SSSR count). The number of rotatable bonds is 7. The number of benzene rings is 2. The van der Waals surface area contributed by atoms with Gasteiger partial charge in [-0.1, -0.05) is 48.5 Å². The second-order valence-corrected chi connectivity index (χ2v) is 6.51. The van der Waals surface area contributed by atoms with E-state index < -0.39 is 0 Å². The quantitative estimate of drug-likeness (QED) is 0.829. The maximum atomic E-state index is 12.8. The number of morpholine rings is 1. The third kappa shape index (κ3) is 5.86. The number of urea groups is 1. The Hall–Kier alpha value is -2.37. The normalized spacial score (nSPS) is 14.8. The number of ether oxygens (including phenoxy) is 1. The topological polar surface area (TPSA) is 44.8 Å². The Bertz CT molecular complexity index is 657. The van der Waals surface area contributed by atoms with Crippen LogP contribution in [0.3, 0.4) is 0 Å². The molecule has 2 aromatic rings. The fraction of sp³-hybridized carbons (Fsp3) is 0.381. The summed E-state index contributed by atoms with van der Waals surface area (Å²) in [6, 6.07) is 19.7. The highest BCUT2D eigenvalue weighted by molar-refractivity contribution is 5.89. The molecule has 2 amide bonds. The molecule has 0 saturated carbocycles. The molecule has 1 fully saturated rings. The standard InChI is InChI=1S/C21H27N3O2/c25-21(22-20-10-5-2-6-11-20)24(18-19-8-3-1-4-9-19)13-7-12-23-14-16-26-17-15-23/h1-6,8-11H,7,12-18H2,(H,22,25). The lowest BCUT2D eigenvalue weighted by Crippen LogP contribution is -2.40. The molecule has 2 aromatic carbocycles. The van der Waals surface area contributed by atoms with E-state index in [9.17, 15) is 4.79 Å². The van der Waals surface area contributed by atoms with Crippen molar-refractivity contribution >= 4 is 11.7 Å². The van der Waals surface area contributed by atoms with Gasteiger partial charge in [0.2, 0.25) is 0 Å². The monoisotopic (exact) mass is 353 g/mol. The van der Waals surface area contributed by atoms with Crippen LogP contribution < -0.4 is 5.32 Å². The number of hydrogen-bond acceptors (Lipinski definition) is 3. The van der Waals surface area contributed by atoms with Gasteiger partial charge in [0.15, 0.2) is 0 Å². The number of carbonyl (C=O) groups is 1. The maximum absolute atomic E-state index is 12.8. The Labute approximate surface area is 155 Å². The Morgan fingerprint density at radius 2 is 1.65 bits per heavy atom. The third-order valence-corrected chi connectivity index (χ3v) is 4.53. The van der Waals surface area contributed by atoms with Crippen molar-refractivity contribution in [3.05, 3.63) is 66.2 Å². The van der Waals surface area contributed by atoms with Crippen LogP contribution in [0.1, 0.15) is 12.0 Å². The summed E-state index contributed by atoms with van der Waals surface area (Å²) in [6.45, 7) is 5.91. The fourth-order valence-electron chi connectivity index (χ4n) is 3.09. The SMILES string of the molecule is O=C(Nc1ccccc1)N(CCCN1CCOCC1)Cc1ccccc1. The largest absolute Gasteiger partial charge is 0.379 e. The van der Waals surface area contributed by atoms with Crippen LogP contribution in [0.15, 0.2) is 60.7 Å². The molecule has 0 aliphatic carbocycles. The molecule has 0 spiro atoms. The van der Waals surface area contributed by atoms with E-state index in [4.69, 9.17) is 4.74 Å². The first-order valence-electron chi connectivity index (χ1n) is 9.26. The first-order chi connectivity index (χ1) is 12.8. The van der Waals surface area contributed by atoms with E-state index in [1.165, 1.54) is 0 Å². The fourth-order valence-corrected chi connectivity index (χ4v) is 3.09. The highest BCUT2D eigenvalue weighted by Gasteiger charge is 2.16. The van der Waals surface area contributed by atoms with Gasteiger partial charge in [-0.3, -0.25) is 4.90 Å². The molecule has 1 aliphatic heterocycles. The molecule has 5 nitrogen and oxygen atoms in total. The minimum atomic E-state index is -0.0537. The first-order valence-corrected chi connectivity index (χ1v) is 9.26. The molecule has 0 atom stereocenters. The van der Waals surface area contributed by atoms with E-state index >= 15 is 0 Å². The molecule has 0 radical (unpaired) electrons. The van der Waals surface area contributed by atoms with Crippen molar-refractivity contribution in [3.8, 4) is 0 Å². The van der Waals surface area contributed by atoms with Crippen LogP contribution in [0.25, 0.3) is 0 Å². The number of nitrogens with zero attached hydrogens (tertiary/aromatic N) is 2. The van der Waals surface area contributed by atoms with Crippen LogP contribution in [-0.2, 0) is 11.3 Å². The summed E-state index contributed by atoms with van der Waals surface area (Å²) in [5, 5.41) is 3.00. The smallest absolute Gasteiger partial charge is 0.322 e. The van der Waals surface area contributed by atoms with Crippen LogP contribution in [0.5, 0.6) is 0 Å². The predicted molar refractivity (Wildman–Crippen MR) is 104 cm³/mol. The van der Waals surface area contributed by atoms with Gasteiger partial charge >= 0.3 is 6.03 Å². The summed E-state index contributed by atoms with van der Waals surface area (Å²) in [4.78, 5) is 17.1. The number of carbonyl (C=O) groups excluding carboxylic acids is 1. The van der Waals surface area contributed by atoms with Crippen LogP contribution in [-0.4, -0.2) is 55.2 Å². The van der Waals surface area contributed by atoms with Gasteiger partial charge in [-0.2, -0.15) is 0 Å². The summed E-state index contributed by atoms with van der Waals surface area (Å²) in [5.74, 6) is 0. The van der Waals surface area contributed by atoms with Crippen molar-refractivity contribution in [1.82, 2.24) is 9.80 Å². The summed E-state index contributed by atoms with van der Waals surface area (Å²) in [5.41, 5.74) is 1.96. The van der Waals surface area contributed by atoms with Crippen LogP contribution >= 0.6 is 0 Å². The summed E-state index contributed by atoms with van der Waals surface area (Å²) < 4.78 is 5.39. The highest BCUT2D eigenvalue weighted by Crippen LogP contribution is 2.11. The Morgan fingerprint density at radius 3 is 2.35 bits per heavy atom. The average molecular weight is 353 g/mol. The van der Waals surface area contributed by atoms with Gasteiger partial charge in [0, 0.05) is 38.4 Å². The zero-order valence-electron chi connectivity index (χ0n) is 15.1. The minimum absolute atomic E-state index is 0.0537. The molecule has 0 bridgehead atoms. The van der Waals surface area contributed by atoms with Crippen molar-refractivity contribution in [2.45, 2.75) is 13.0 Å². The van der Waals surface area contributed by atoms with E-state index in [-0.39, 0.29) is 6.03 Å². The van der Waals surface area contributed by atoms with Crippen LogP contribution in [0.2, 0.25) is 0 Å². The van der Waals surface area contributed by atoms with Crippen molar-refractivity contribution in [1.29, 1.82) is 0 Å². The van der Waals surface area contributed by atoms with Crippen molar-refractivity contribution in [3.63, 3.8) is 0 Å². The molecule has 1 aliphatic rings. The molecule has 1 heterocycles. The number of para-hydroxylation sites is 1. The number of amides is 2. The van der Waals surface area contributed by atoms with Gasteiger partial charge in [0.1, 0.15) is 0 Å². The maximum Gasteiger partial charge on any atom is 0.322 e. The zero-order valence-corrected chi connectivity index (χ0v) is 15.1. The van der Waals surface area contributed by atoms with E-state index in [0.717, 1.165) is 57.1 Å². The summed E-state index contributed by atoms with van der Waals surface area (Å²) >= 11 is 0. The Morgan fingerprint density at radius 1 is 1.00 bits per heavy atom. The van der Waals surface area contributed by atoms with Gasteiger partial charge in [-0.05, 0) is 24.1 Å². The van der Waals surface area contributed by atoms with Gasteiger partial charge in [0.25, 0.3) is 0 Å². The van der Waals surface area contributed by atoms with E-state index in [0.29, 0.717) is 6.54 Å². The Kier molecular flexibility index (Phi) is 7.05. The third-order valence-electron chi connectivity index (χ3n) is 4.53. The molecule has 138 valence electrons. The Balaban J connectivity index is 1.57. The number of nitrogens with one attached hydrogen (secondary N) is 1. The molecule has 0 aromatic heterocycles. The predicted octanol–water partition coefficient (Wildman–Crippen LogP) is 3.44. The first kappa shape index (κ1) is 18.4. The van der Waals surface area contributed by atoms with Crippen molar-refractivity contribution < 1.29 is 9.53 Å². The average Bonchev–Trinajstić information content (AvgIpc) is 2.69. The van der Waals surface area contributed by atoms with E-state index in [2.05, 4.69) is 22.3 Å². The van der Waals surface area contributed by atoms with Gasteiger partial charge < -0.3 is 15.0 Å². The lowest BCUT2D eigenvalue weighted by atomic mass is 10.2. The van der Waals surface area contributed by atoms with Gasteiger partial charge in [0.05, 0.1) is 13.2 Å². The molecular formula is C21H27N3O2. The van der Waals surface area contributed by atoms with Crippen molar-refractivity contribution in [2.24, 2.45) is 0 Å². The summed E-state index contributed by atoms with van der Waals surface area (Å²) in [6.07, 6.45) is 0.953. The molecule has 0 unspecified atom stereocenters. The van der Waals surface area contributed by atoms with Gasteiger partial charge in [-0.15, -0.1) is 0 Å². The van der Waals surface area contributed by atoms with Crippen LogP contribution in [0.4, 0.5) is 10.5 Å². The van der Waals surface area contributed by atoms with Crippen LogP contribution in [0, 0.1) is 0 Å². The van der Waals surface area contributed by atoms with Gasteiger partial charge in [-0.25, -0.2) is 4.79 Å². The van der Waals surface area contributed by atoms with Crippen molar-refractivity contribution in [2.75, 3.05) is 44.7 Å². The second kappa shape index (κ2) is 9.94. The summed E-state index contributed by atoms with van der Waals surface area (Å²) in [7, 11) is 0. The molecule has 5 heteroatoms. The lowest BCUT2D eigenvalue weighted by molar-refractivity contribution is 0.0365. The second-order valence-electron chi connectivity index (χ2n) is 6.51. The van der Waals surface area contributed by atoms with E-state index in [1.807, 2.05) is 53.4 Å². The van der Waals surface area contributed by atoms with E-state index in [1.54, 1.807) is 0 Å². The molecular weight excluding hydrogens is 326 g/mol. The minimum Gasteiger partial charge on any atom is -0.379 e. The zero-order chi connectivity index (χ0) is 18.0. The number of anilines is 1.